The first-order chi connectivity index (χ1) is 14.1. The molecule has 3 aromatic rings. The summed E-state index contributed by atoms with van der Waals surface area (Å²) in [6.45, 7) is 4.84. The first-order valence-corrected chi connectivity index (χ1v) is 10.9. The summed E-state index contributed by atoms with van der Waals surface area (Å²) in [6.07, 6.45) is 1.81. The molecule has 0 radical (unpaired) electrons. The van der Waals surface area contributed by atoms with E-state index in [0.717, 1.165) is 43.7 Å². The molecule has 0 atom stereocenters. The molecule has 0 N–H and O–H groups in total. The van der Waals surface area contributed by atoms with Gasteiger partial charge in [-0.3, -0.25) is 9.69 Å². The van der Waals surface area contributed by atoms with E-state index in [1.807, 2.05) is 36.1 Å². The zero-order valence-electron chi connectivity index (χ0n) is 16.6. The lowest BCUT2D eigenvalue weighted by Crippen LogP contribution is -2.47. The first kappa shape index (κ1) is 19.8. The Morgan fingerprint density at radius 3 is 2.52 bits per heavy atom. The Kier molecular flexibility index (Phi) is 6.07. The molecule has 5 heteroatoms. The highest BCUT2D eigenvalue weighted by atomic mass is 32.1. The number of amides is 1. The Morgan fingerprint density at radius 2 is 1.86 bits per heavy atom. The molecule has 3 nitrogen and oxygen atoms in total. The number of likely N-dealkylation sites (tertiary alicyclic amines) is 1. The summed E-state index contributed by atoms with van der Waals surface area (Å²) >= 11 is 1.78. The number of hydrogen-bond donors (Lipinski definition) is 0. The minimum absolute atomic E-state index is 0.0167. The van der Waals surface area contributed by atoms with E-state index in [-0.39, 0.29) is 17.8 Å². The lowest BCUT2D eigenvalue weighted by molar-refractivity contribution is 0.0958. The minimum atomic E-state index is -0.289. The van der Waals surface area contributed by atoms with Crippen molar-refractivity contribution in [2.24, 2.45) is 0 Å². The van der Waals surface area contributed by atoms with Gasteiger partial charge in [0.2, 0.25) is 0 Å². The monoisotopic (exact) mass is 408 g/mol. The third-order valence-electron chi connectivity index (χ3n) is 5.47. The minimum Gasteiger partial charge on any atom is -0.305 e. The summed E-state index contributed by atoms with van der Waals surface area (Å²) < 4.78 is 13.5. The third kappa shape index (κ3) is 4.74. The molecular formula is C24H25FN2OS. The van der Waals surface area contributed by atoms with Crippen molar-refractivity contribution in [2.45, 2.75) is 32.4 Å². The number of aryl methyl sites for hydroxylation is 1. The van der Waals surface area contributed by atoms with Gasteiger partial charge in [0.1, 0.15) is 5.82 Å². The fraction of sp³-hybridized carbons (Fsp3) is 0.292. The molecule has 0 bridgehead atoms. The smallest absolute Gasteiger partial charge is 0.258 e. The number of rotatable bonds is 5. The van der Waals surface area contributed by atoms with Crippen LogP contribution in [0, 0.1) is 12.7 Å². The van der Waals surface area contributed by atoms with Crippen LogP contribution in [0.4, 0.5) is 10.1 Å². The molecule has 1 saturated heterocycles. The van der Waals surface area contributed by atoms with Crippen LogP contribution in [0.15, 0.2) is 66.0 Å². The van der Waals surface area contributed by atoms with E-state index < -0.39 is 0 Å². The van der Waals surface area contributed by atoms with Gasteiger partial charge >= 0.3 is 0 Å². The molecule has 1 aliphatic rings. The fourth-order valence-electron chi connectivity index (χ4n) is 3.97. The van der Waals surface area contributed by atoms with Gasteiger partial charge in [0.05, 0.1) is 0 Å². The number of benzene rings is 2. The molecule has 0 spiro atoms. The summed E-state index contributed by atoms with van der Waals surface area (Å²) in [5.41, 5.74) is 2.49. The average molecular weight is 409 g/mol. The second-order valence-electron chi connectivity index (χ2n) is 7.61. The van der Waals surface area contributed by atoms with E-state index in [9.17, 15) is 9.18 Å². The van der Waals surface area contributed by atoms with Gasteiger partial charge < -0.3 is 4.90 Å². The van der Waals surface area contributed by atoms with Gasteiger partial charge in [0.15, 0.2) is 0 Å². The average Bonchev–Trinajstić information content (AvgIpc) is 3.24. The van der Waals surface area contributed by atoms with Crippen LogP contribution in [0.3, 0.4) is 0 Å². The second kappa shape index (κ2) is 8.89. The topological polar surface area (TPSA) is 23.6 Å². The molecule has 150 valence electrons. The van der Waals surface area contributed by atoms with Crippen LogP contribution in [0.1, 0.15) is 33.6 Å². The molecular weight excluding hydrogens is 383 g/mol. The standard InChI is InChI=1S/C24H25FN2OS/c1-18-4-2-5-19(16-18)24(28)27(21-9-7-20(25)8-10-21)22-11-13-26(14-12-22)17-23-6-3-15-29-23/h2-10,15-16,22H,11-14,17H2,1H3. The van der Waals surface area contributed by atoms with Crippen molar-refractivity contribution in [1.29, 1.82) is 0 Å². The first-order valence-electron chi connectivity index (χ1n) is 10.0. The van der Waals surface area contributed by atoms with Gasteiger partial charge in [0, 0.05) is 41.8 Å². The van der Waals surface area contributed by atoms with Crippen molar-refractivity contribution in [2.75, 3.05) is 18.0 Å². The molecule has 2 aromatic carbocycles. The number of carbonyl (C=O) groups excluding carboxylic acids is 1. The zero-order valence-corrected chi connectivity index (χ0v) is 17.4. The van der Waals surface area contributed by atoms with E-state index >= 15 is 0 Å². The highest BCUT2D eigenvalue weighted by Gasteiger charge is 2.30. The van der Waals surface area contributed by atoms with Gasteiger partial charge in [-0.25, -0.2) is 4.39 Å². The van der Waals surface area contributed by atoms with Crippen LogP contribution in [-0.4, -0.2) is 29.9 Å². The molecule has 1 fully saturated rings. The predicted molar refractivity (Wildman–Crippen MR) is 117 cm³/mol. The number of anilines is 1. The fourth-order valence-corrected chi connectivity index (χ4v) is 4.72. The van der Waals surface area contributed by atoms with Crippen LogP contribution in [0.25, 0.3) is 0 Å². The van der Waals surface area contributed by atoms with E-state index in [4.69, 9.17) is 0 Å². The number of thiophene rings is 1. The van der Waals surface area contributed by atoms with E-state index in [1.54, 1.807) is 23.5 Å². The van der Waals surface area contributed by atoms with Crippen LogP contribution in [0.2, 0.25) is 0 Å². The molecule has 0 unspecified atom stereocenters. The largest absolute Gasteiger partial charge is 0.305 e. The van der Waals surface area contributed by atoms with Crippen LogP contribution >= 0.6 is 11.3 Å². The highest BCUT2D eigenvalue weighted by molar-refractivity contribution is 7.09. The summed E-state index contributed by atoms with van der Waals surface area (Å²) in [7, 11) is 0. The molecule has 0 aliphatic carbocycles. The number of nitrogens with zero attached hydrogens (tertiary/aromatic N) is 2. The van der Waals surface area contributed by atoms with E-state index in [0.29, 0.717) is 5.56 Å². The third-order valence-corrected chi connectivity index (χ3v) is 6.33. The van der Waals surface area contributed by atoms with Gasteiger partial charge in [-0.05, 0) is 67.6 Å². The number of piperidine rings is 1. The van der Waals surface area contributed by atoms with Crippen LogP contribution in [-0.2, 0) is 6.54 Å². The van der Waals surface area contributed by atoms with Gasteiger partial charge in [-0.1, -0.05) is 23.8 Å². The molecule has 2 heterocycles. The summed E-state index contributed by atoms with van der Waals surface area (Å²) in [4.78, 5) is 19.1. The van der Waals surface area contributed by atoms with E-state index in [1.165, 1.54) is 17.0 Å². The molecule has 29 heavy (non-hydrogen) atoms. The molecule has 1 aromatic heterocycles. The summed E-state index contributed by atoms with van der Waals surface area (Å²) in [5, 5.41) is 2.11. The Morgan fingerprint density at radius 1 is 1.10 bits per heavy atom. The normalized spacial score (nSPS) is 15.4. The molecule has 0 saturated carbocycles. The number of halogens is 1. The van der Waals surface area contributed by atoms with Crippen molar-refractivity contribution in [3.8, 4) is 0 Å². The van der Waals surface area contributed by atoms with Crippen LogP contribution in [0.5, 0.6) is 0 Å². The van der Waals surface area contributed by atoms with Crippen LogP contribution < -0.4 is 4.90 Å². The SMILES string of the molecule is Cc1cccc(C(=O)N(c2ccc(F)cc2)C2CCN(Cc3cccs3)CC2)c1. The van der Waals surface area contributed by atoms with Crippen molar-refractivity contribution < 1.29 is 9.18 Å². The number of hydrogen-bond acceptors (Lipinski definition) is 3. The van der Waals surface area contributed by atoms with Crippen molar-refractivity contribution in [1.82, 2.24) is 4.90 Å². The Balaban J connectivity index is 1.54. The second-order valence-corrected chi connectivity index (χ2v) is 8.64. The highest BCUT2D eigenvalue weighted by Crippen LogP contribution is 2.27. The van der Waals surface area contributed by atoms with Crippen molar-refractivity contribution in [3.63, 3.8) is 0 Å². The van der Waals surface area contributed by atoms with Gasteiger partial charge in [0.25, 0.3) is 5.91 Å². The lowest BCUT2D eigenvalue weighted by atomic mass is 10.00. The Bertz CT molecular complexity index is 947. The summed E-state index contributed by atoms with van der Waals surface area (Å²) in [6, 6.07) is 18.3. The van der Waals surface area contributed by atoms with Gasteiger partial charge in [-0.2, -0.15) is 0 Å². The van der Waals surface area contributed by atoms with E-state index in [2.05, 4.69) is 22.4 Å². The molecule has 1 amide bonds. The van der Waals surface area contributed by atoms with Crippen molar-refractivity contribution in [3.05, 3.63) is 87.9 Å². The lowest BCUT2D eigenvalue weighted by Gasteiger charge is -2.38. The molecule has 4 rings (SSSR count). The van der Waals surface area contributed by atoms with Gasteiger partial charge in [-0.15, -0.1) is 11.3 Å². The Hall–Kier alpha value is -2.50. The zero-order chi connectivity index (χ0) is 20.2. The predicted octanol–water partition coefficient (Wildman–Crippen LogP) is 5.51. The maximum atomic E-state index is 13.5. The maximum absolute atomic E-state index is 13.5. The van der Waals surface area contributed by atoms with Crippen molar-refractivity contribution >= 4 is 22.9 Å². The molecule has 1 aliphatic heterocycles. The Labute approximate surface area is 175 Å². The quantitative estimate of drug-likeness (QED) is 0.556. The maximum Gasteiger partial charge on any atom is 0.258 e. The number of carbonyl (C=O) groups is 1. The summed E-state index contributed by atoms with van der Waals surface area (Å²) in [5.74, 6) is -0.306.